The second-order valence-corrected chi connectivity index (χ2v) is 6.01. The van der Waals surface area contributed by atoms with Gasteiger partial charge in [0.05, 0.1) is 12.7 Å². The van der Waals surface area contributed by atoms with E-state index in [1.165, 1.54) is 0 Å². The van der Waals surface area contributed by atoms with Gasteiger partial charge < -0.3 is 15.0 Å². The van der Waals surface area contributed by atoms with Gasteiger partial charge in [0, 0.05) is 30.5 Å². The maximum absolute atomic E-state index is 12.3. The zero-order valence-electron chi connectivity index (χ0n) is 12.2. The van der Waals surface area contributed by atoms with Crippen molar-refractivity contribution in [3.8, 4) is 5.75 Å². The van der Waals surface area contributed by atoms with Crippen LogP contribution in [0.4, 0.5) is 0 Å². The summed E-state index contributed by atoms with van der Waals surface area (Å²) < 4.78 is 6.11. The van der Waals surface area contributed by atoms with Crippen LogP contribution in [-0.4, -0.2) is 43.0 Å². The maximum atomic E-state index is 12.3. The summed E-state index contributed by atoms with van der Waals surface area (Å²) in [6, 6.07) is 5.42. The van der Waals surface area contributed by atoms with Gasteiger partial charge in [-0.15, -0.1) is 0 Å². The Balaban J connectivity index is 1.98. The van der Waals surface area contributed by atoms with Gasteiger partial charge in [-0.2, -0.15) is 0 Å². The number of carbonyl (C=O) groups excluding carboxylic acids is 2. The van der Waals surface area contributed by atoms with E-state index >= 15 is 0 Å². The van der Waals surface area contributed by atoms with Crippen molar-refractivity contribution in [3.05, 3.63) is 28.2 Å². The van der Waals surface area contributed by atoms with Gasteiger partial charge in [-0.05, 0) is 31.0 Å². The highest BCUT2D eigenvalue weighted by molar-refractivity contribution is 9.10. The molecule has 0 aromatic heterocycles. The average molecular weight is 355 g/mol. The zero-order valence-corrected chi connectivity index (χ0v) is 13.8. The van der Waals surface area contributed by atoms with Crippen LogP contribution in [-0.2, 0) is 4.79 Å². The SMILES string of the molecule is COc1cc(Br)ccc1C(=O)NC1CCN(C(C)=O)CC1. The van der Waals surface area contributed by atoms with Crippen molar-refractivity contribution in [2.45, 2.75) is 25.8 Å². The van der Waals surface area contributed by atoms with E-state index < -0.39 is 0 Å². The minimum Gasteiger partial charge on any atom is -0.496 e. The molecule has 2 rings (SSSR count). The molecule has 0 spiro atoms. The lowest BCUT2D eigenvalue weighted by molar-refractivity contribution is -0.129. The molecule has 2 amide bonds. The molecule has 1 saturated heterocycles. The van der Waals surface area contributed by atoms with Crippen LogP contribution in [0.2, 0.25) is 0 Å². The fourth-order valence-electron chi connectivity index (χ4n) is 2.45. The van der Waals surface area contributed by atoms with Gasteiger partial charge in [0.15, 0.2) is 0 Å². The number of carbonyl (C=O) groups is 2. The second-order valence-electron chi connectivity index (χ2n) is 5.10. The molecular formula is C15H19BrN2O3. The van der Waals surface area contributed by atoms with Crippen LogP contribution in [0.15, 0.2) is 22.7 Å². The van der Waals surface area contributed by atoms with Crippen molar-refractivity contribution in [3.63, 3.8) is 0 Å². The van der Waals surface area contributed by atoms with Gasteiger partial charge in [0.25, 0.3) is 5.91 Å². The van der Waals surface area contributed by atoms with Crippen LogP contribution in [0.3, 0.4) is 0 Å². The molecule has 1 heterocycles. The summed E-state index contributed by atoms with van der Waals surface area (Å²) in [6.07, 6.45) is 1.56. The summed E-state index contributed by atoms with van der Waals surface area (Å²) in [5.41, 5.74) is 0.523. The van der Waals surface area contributed by atoms with Crippen LogP contribution in [0, 0.1) is 0 Å². The van der Waals surface area contributed by atoms with Crippen LogP contribution in [0.1, 0.15) is 30.1 Å². The predicted octanol–water partition coefficient (Wildman–Crippen LogP) is 2.20. The fourth-order valence-corrected chi connectivity index (χ4v) is 2.79. The number of hydrogen-bond acceptors (Lipinski definition) is 3. The third-order valence-electron chi connectivity index (χ3n) is 3.68. The molecular weight excluding hydrogens is 336 g/mol. The van der Waals surface area contributed by atoms with E-state index in [2.05, 4.69) is 21.2 Å². The Morgan fingerprint density at radius 1 is 1.33 bits per heavy atom. The first-order valence-electron chi connectivity index (χ1n) is 6.91. The smallest absolute Gasteiger partial charge is 0.255 e. The molecule has 0 bridgehead atoms. The summed E-state index contributed by atoms with van der Waals surface area (Å²) in [5, 5.41) is 3.02. The van der Waals surface area contributed by atoms with Gasteiger partial charge in [-0.25, -0.2) is 0 Å². The van der Waals surface area contributed by atoms with Crippen LogP contribution >= 0.6 is 15.9 Å². The minimum atomic E-state index is -0.138. The van der Waals surface area contributed by atoms with Gasteiger partial charge in [0.2, 0.25) is 5.91 Å². The summed E-state index contributed by atoms with van der Waals surface area (Å²) in [7, 11) is 1.55. The average Bonchev–Trinajstić information content (AvgIpc) is 2.47. The Morgan fingerprint density at radius 3 is 2.57 bits per heavy atom. The number of benzene rings is 1. The second kappa shape index (κ2) is 6.93. The highest BCUT2D eigenvalue weighted by Gasteiger charge is 2.23. The van der Waals surface area contributed by atoms with Gasteiger partial charge in [-0.1, -0.05) is 15.9 Å². The van der Waals surface area contributed by atoms with Gasteiger partial charge in [-0.3, -0.25) is 9.59 Å². The summed E-state index contributed by atoms with van der Waals surface area (Å²) >= 11 is 3.36. The number of methoxy groups -OCH3 is 1. The van der Waals surface area contributed by atoms with E-state index in [1.807, 2.05) is 11.0 Å². The molecule has 0 unspecified atom stereocenters. The van der Waals surface area contributed by atoms with Gasteiger partial charge >= 0.3 is 0 Å². The van der Waals surface area contributed by atoms with Crippen molar-refractivity contribution in [1.29, 1.82) is 0 Å². The van der Waals surface area contributed by atoms with Crippen molar-refractivity contribution >= 4 is 27.7 Å². The van der Waals surface area contributed by atoms with E-state index in [4.69, 9.17) is 4.74 Å². The number of hydrogen-bond donors (Lipinski definition) is 1. The fraction of sp³-hybridized carbons (Fsp3) is 0.467. The highest BCUT2D eigenvalue weighted by atomic mass is 79.9. The minimum absolute atomic E-state index is 0.0920. The van der Waals surface area contributed by atoms with Crippen LogP contribution < -0.4 is 10.1 Å². The number of likely N-dealkylation sites (tertiary alicyclic amines) is 1. The number of amides is 2. The first kappa shape index (κ1) is 15.8. The third kappa shape index (κ3) is 3.97. The summed E-state index contributed by atoms with van der Waals surface area (Å²) in [4.78, 5) is 25.4. The van der Waals surface area contributed by atoms with Crippen molar-refractivity contribution in [2.24, 2.45) is 0 Å². The lowest BCUT2D eigenvalue weighted by Crippen LogP contribution is -2.46. The Hall–Kier alpha value is -1.56. The Kier molecular flexibility index (Phi) is 5.22. The standard InChI is InChI=1S/C15H19BrN2O3/c1-10(19)18-7-5-12(6-8-18)17-15(20)13-4-3-11(16)9-14(13)21-2/h3-4,9,12H,5-8H2,1-2H3,(H,17,20). The zero-order chi connectivity index (χ0) is 15.4. The van der Waals surface area contributed by atoms with E-state index in [1.54, 1.807) is 26.2 Å². The number of halogens is 1. The molecule has 1 fully saturated rings. The third-order valence-corrected chi connectivity index (χ3v) is 4.18. The molecule has 0 saturated carbocycles. The molecule has 1 aromatic rings. The highest BCUT2D eigenvalue weighted by Crippen LogP contribution is 2.24. The Labute approximate surface area is 132 Å². The molecule has 5 nitrogen and oxygen atoms in total. The Morgan fingerprint density at radius 2 is 2.00 bits per heavy atom. The lowest BCUT2D eigenvalue weighted by Gasteiger charge is -2.31. The van der Waals surface area contributed by atoms with E-state index in [0.717, 1.165) is 17.3 Å². The molecule has 21 heavy (non-hydrogen) atoms. The summed E-state index contributed by atoms with van der Waals surface area (Å²) in [6.45, 7) is 2.96. The molecule has 6 heteroatoms. The molecule has 0 radical (unpaired) electrons. The number of ether oxygens (including phenoxy) is 1. The number of piperidine rings is 1. The van der Waals surface area contributed by atoms with Crippen molar-refractivity contribution in [2.75, 3.05) is 20.2 Å². The number of nitrogens with zero attached hydrogens (tertiary/aromatic N) is 1. The van der Waals surface area contributed by atoms with E-state index in [-0.39, 0.29) is 17.9 Å². The molecule has 1 aliphatic heterocycles. The molecule has 1 N–H and O–H groups in total. The predicted molar refractivity (Wildman–Crippen MR) is 83.4 cm³/mol. The van der Waals surface area contributed by atoms with E-state index in [0.29, 0.717) is 24.4 Å². The maximum Gasteiger partial charge on any atom is 0.255 e. The van der Waals surface area contributed by atoms with Crippen LogP contribution in [0.5, 0.6) is 5.75 Å². The summed E-state index contributed by atoms with van der Waals surface area (Å²) in [5.74, 6) is 0.498. The topological polar surface area (TPSA) is 58.6 Å². The molecule has 1 aliphatic rings. The lowest BCUT2D eigenvalue weighted by atomic mass is 10.0. The number of nitrogens with one attached hydrogen (secondary N) is 1. The molecule has 0 atom stereocenters. The quantitative estimate of drug-likeness (QED) is 0.904. The number of rotatable bonds is 3. The first-order chi connectivity index (χ1) is 10.0. The van der Waals surface area contributed by atoms with Crippen LogP contribution in [0.25, 0.3) is 0 Å². The van der Waals surface area contributed by atoms with E-state index in [9.17, 15) is 9.59 Å². The van der Waals surface area contributed by atoms with Crippen molar-refractivity contribution < 1.29 is 14.3 Å². The first-order valence-corrected chi connectivity index (χ1v) is 7.70. The largest absolute Gasteiger partial charge is 0.496 e. The monoisotopic (exact) mass is 354 g/mol. The molecule has 114 valence electrons. The Bertz CT molecular complexity index is 540. The van der Waals surface area contributed by atoms with Crippen molar-refractivity contribution in [1.82, 2.24) is 10.2 Å². The molecule has 0 aliphatic carbocycles. The van der Waals surface area contributed by atoms with Gasteiger partial charge in [0.1, 0.15) is 5.75 Å². The molecule has 1 aromatic carbocycles. The normalized spacial score (nSPS) is 15.7.